The summed E-state index contributed by atoms with van der Waals surface area (Å²) in [7, 11) is 0. The van der Waals surface area contributed by atoms with Gasteiger partial charge in [0.2, 0.25) is 0 Å². The number of pyridine rings is 1. The Labute approximate surface area is 502 Å². The number of imidazole rings is 1. The molecule has 0 radical (unpaired) electrons. The van der Waals surface area contributed by atoms with Crippen molar-refractivity contribution in [3.63, 3.8) is 0 Å². The normalized spacial score (nSPS) is 12.4. The van der Waals surface area contributed by atoms with Crippen LogP contribution in [0.2, 0.25) is 0 Å². The zero-order chi connectivity index (χ0) is 57.2. The molecule has 6 heteroatoms. The maximum Gasteiger partial charge on any atom is 0.267 e. The van der Waals surface area contributed by atoms with Gasteiger partial charge in [-0.2, -0.15) is 12.1 Å². The van der Waals surface area contributed by atoms with E-state index < -0.39 is 0 Å². The van der Waals surface area contributed by atoms with Gasteiger partial charge in [0.25, 0.3) is 6.33 Å². The average Bonchev–Trinajstić information content (AvgIpc) is 2.58. The van der Waals surface area contributed by atoms with E-state index in [1.807, 2.05) is 12.3 Å². The van der Waals surface area contributed by atoms with Gasteiger partial charge in [0.05, 0.1) is 17.1 Å². The first kappa shape index (κ1) is 57.6. The first-order valence-corrected chi connectivity index (χ1v) is 28.8. The molecule has 0 atom stereocenters. The molecule has 11 aromatic rings. The summed E-state index contributed by atoms with van der Waals surface area (Å²) < 4.78 is 14.1. The number of nitrogens with zero attached hydrogens (tertiary/aromatic N) is 4. The molecule has 0 saturated carbocycles. The first-order valence-electron chi connectivity index (χ1n) is 28.8. The van der Waals surface area contributed by atoms with Gasteiger partial charge in [-0.25, -0.2) is 4.98 Å². The molecule has 0 fully saturated rings. The third-order valence-corrected chi connectivity index (χ3v) is 16.5. The van der Waals surface area contributed by atoms with Crippen LogP contribution in [0.3, 0.4) is 0 Å². The predicted octanol–water partition coefficient (Wildman–Crippen LogP) is 19.3. The molecule has 3 heterocycles. The smallest absolute Gasteiger partial charge is 0.267 e. The number of fused-ring (bicyclic) bond motifs is 3. The van der Waals surface area contributed by atoms with Crippen LogP contribution in [0.4, 0.5) is 0 Å². The molecule has 0 amide bonds. The topological polar surface area (TPSA) is 35.9 Å². The Balaban J connectivity index is 0.00000753. The fourth-order valence-corrected chi connectivity index (χ4v) is 12.0. The fourth-order valence-electron chi connectivity index (χ4n) is 12.0. The quantitative estimate of drug-likeness (QED) is 0.0852. The molecule has 0 bridgehead atoms. The van der Waals surface area contributed by atoms with Crippen molar-refractivity contribution in [2.75, 3.05) is 0 Å². The van der Waals surface area contributed by atoms with Crippen LogP contribution >= 0.6 is 0 Å². The molecule has 8 aromatic carbocycles. The van der Waals surface area contributed by atoms with Gasteiger partial charge in [0.1, 0.15) is 5.82 Å². The second kappa shape index (κ2) is 22.3. The molecule has 0 N–H and O–H groups in total. The van der Waals surface area contributed by atoms with E-state index in [1.165, 1.54) is 44.6 Å². The summed E-state index contributed by atoms with van der Waals surface area (Å²) in [5, 5.41) is 2.19. The molecular formula is C76H76N4OPt-2. The zero-order valence-electron chi connectivity index (χ0n) is 50.1. The third-order valence-electron chi connectivity index (χ3n) is 16.5. The van der Waals surface area contributed by atoms with Crippen molar-refractivity contribution in [1.82, 2.24) is 14.1 Å². The minimum absolute atomic E-state index is 0. The Morgan fingerprint density at radius 3 is 1.70 bits per heavy atom. The van der Waals surface area contributed by atoms with Crippen molar-refractivity contribution >= 4 is 21.8 Å². The maximum absolute atomic E-state index is 7.23. The fraction of sp³-hybridized carbons (Fsp3) is 0.263. The first-order chi connectivity index (χ1) is 38.6. The van der Waals surface area contributed by atoms with E-state index in [0.29, 0.717) is 11.5 Å². The average molecular weight is 1260 g/mol. The minimum Gasteiger partial charge on any atom is -0.510 e. The molecule has 0 saturated heterocycles. The van der Waals surface area contributed by atoms with E-state index in [9.17, 15) is 0 Å². The van der Waals surface area contributed by atoms with Crippen LogP contribution in [0.5, 0.6) is 11.5 Å². The molecular weight excluding hydrogens is 1180 g/mol. The zero-order valence-corrected chi connectivity index (χ0v) is 52.4. The molecule has 0 spiro atoms. The third kappa shape index (κ3) is 10.9. The number of rotatable bonds is 13. The van der Waals surface area contributed by atoms with Crippen molar-refractivity contribution in [2.24, 2.45) is 0 Å². The summed E-state index contributed by atoms with van der Waals surface area (Å²) >= 11 is 0. The molecule has 418 valence electrons. The number of benzene rings is 8. The Bertz CT molecular complexity index is 4070. The summed E-state index contributed by atoms with van der Waals surface area (Å²) in [5.74, 6) is 2.52. The van der Waals surface area contributed by atoms with Gasteiger partial charge in [-0.15, -0.1) is 35.2 Å². The molecule has 0 aliphatic heterocycles. The largest absolute Gasteiger partial charge is 0.510 e. The van der Waals surface area contributed by atoms with E-state index in [2.05, 4.69) is 311 Å². The number of para-hydroxylation sites is 1. The van der Waals surface area contributed by atoms with Crippen LogP contribution in [0.15, 0.2) is 194 Å². The molecule has 0 unspecified atom stereocenters. The number of aromatic nitrogens is 4. The van der Waals surface area contributed by atoms with Crippen LogP contribution in [0.25, 0.3) is 61.3 Å². The minimum atomic E-state index is -0.342. The van der Waals surface area contributed by atoms with Crippen LogP contribution in [0.1, 0.15) is 154 Å². The van der Waals surface area contributed by atoms with Crippen LogP contribution in [0, 0.1) is 18.5 Å². The second-order valence-electron chi connectivity index (χ2n) is 25.8. The van der Waals surface area contributed by atoms with E-state index in [-0.39, 0.29) is 54.6 Å². The van der Waals surface area contributed by atoms with Gasteiger partial charge in [0.15, 0.2) is 0 Å². The Morgan fingerprint density at radius 1 is 0.488 bits per heavy atom. The SMILES string of the molecule is CC(C)c1cccc(C(C)C)c1-c1cc(Oc2[c-]c3c(cc2)c2ccccc2n3-c2cc(C(C)(C)c3ccccc3)ccn2)[c-]c(-n2[c-][n+](-c3cc(-c4ccccc4)cc(C(C)(C)c4ccccc4)c3)c(C(C)(C)C)c2C(C)(C)C)c1.[Pt]. The molecule has 3 aromatic heterocycles. The standard InChI is InChI=1S/C76H76N4O.Pt/c1-50(2)63-34-26-35-64(51(3)4)70(63)54-43-60(47-62(44-54)81-61-37-38-66-65-33-24-25-36-67(65)80(68(66)48-61)69-46-57(39-40-77-69)75(11,12)55-29-20-16-21-30-55)79-49-78(71(73(5,6)7)72(79)74(8,9)10)59-42-53(52-27-18-15-19-28-52)41-58(45-59)76(13,14)56-31-22-17-23-32-56;/h15-46,50-51H,1-14H3;/q-2;. The van der Waals surface area contributed by atoms with Crippen molar-refractivity contribution in [2.45, 2.75) is 130 Å². The van der Waals surface area contributed by atoms with Gasteiger partial charge in [0, 0.05) is 55.1 Å². The van der Waals surface area contributed by atoms with Gasteiger partial charge in [-0.3, -0.25) is 4.57 Å². The monoisotopic (exact) mass is 1260 g/mol. The van der Waals surface area contributed by atoms with E-state index in [4.69, 9.17) is 9.72 Å². The molecule has 0 aliphatic carbocycles. The summed E-state index contributed by atoms with van der Waals surface area (Å²) in [6.45, 7) is 32.3. The van der Waals surface area contributed by atoms with Gasteiger partial charge >= 0.3 is 0 Å². The van der Waals surface area contributed by atoms with Crippen molar-refractivity contribution < 1.29 is 30.4 Å². The molecule has 0 aliphatic rings. The van der Waals surface area contributed by atoms with Gasteiger partial charge < -0.3 is 13.9 Å². The maximum atomic E-state index is 7.23. The van der Waals surface area contributed by atoms with Crippen molar-refractivity contribution in [3.8, 4) is 50.9 Å². The Morgan fingerprint density at radius 2 is 1.09 bits per heavy atom. The Kier molecular flexibility index (Phi) is 15.7. The number of hydrogen-bond acceptors (Lipinski definition) is 2. The van der Waals surface area contributed by atoms with E-state index in [1.54, 1.807) is 0 Å². The summed E-state index contributed by atoms with van der Waals surface area (Å²) in [6, 6.07) is 75.5. The summed E-state index contributed by atoms with van der Waals surface area (Å²) in [5.41, 5.74) is 17.0. The van der Waals surface area contributed by atoms with Crippen LogP contribution in [-0.4, -0.2) is 14.1 Å². The van der Waals surface area contributed by atoms with Crippen LogP contribution < -0.4 is 9.30 Å². The van der Waals surface area contributed by atoms with Crippen molar-refractivity contribution in [3.05, 3.63) is 257 Å². The molecule has 11 rings (SSSR count). The summed E-state index contributed by atoms with van der Waals surface area (Å²) in [4.78, 5) is 5.05. The van der Waals surface area contributed by atoms with Gasteiger partial charge in [-0.1, -0.05) is 236 Å². The number of hydrogen-bond donors (Lipinski definition) is 0. The predicted molar refractivity (Wildman–Crippen MR) is 336 cm³/mol. The number of ether oxygens (including phenoxy) is 1. The molecule has 5 nitrogen and oxygen atoms in total. The van der Waals surface area contributed by atoms with Crippen molar-refractivity contribution in [1.29, 1.82) is 0 Å². The second-order valence-corrected chi connectivity index (χ2v) is 25.8. The molecule has 82 heavy (non-hydrogen) atoms. The van der Waals surface area contributed by atoms with E-state index >= 15 is 0 Å². The van der Waals surface area contributed by atoms with Gasteiger partial charge in [-0.05, 0) is 114 Å². The van der Waals surface area contributed by atoms with E-state index in [0.717, 1.165) is 61.4 Å². The summed E-state index contributed by atoms with van der Waals surface area (Å²) in [6.07, 6.45) is 5.99. The Hall–Kier alpha value is -7.59. The van der Waals surface area contributed by atoms with Crippen LogP contribution in [-0.2, 0) is 42.7 Å².